The summed E-state index contributed by atoms with van der Waals surface area (Å²) in [4.78, 5) is 31.2. The van der Waals surface area contributed by atoms with E-state index < -0.39 is 16.9 Å². The van der Waals surface area contributed by atoms with Gasteiger partial charge in [0.25, 0.3) is 5.69 Å². The third kappa shape index (κ3) is 4.48. The zero-order chi connectivity index (χ0) is 21.8. The lowest BCUT2D eigenvalue weighted by molar-refractivity contribution is -0.384. The fraction of sp³-hybridized carbons (Fsp3) is 0.0870. The molecule has 0 unspecified atom stereocenters. The lowest BCUT2D eigenvalue weighted by Gasteiger charge is -2.20. The van der Waals surface area contributed by atoms with Gasteiger partial charge < -0.3 is 15.2 Å². The molecule has 0 saturated carbocycles. The summed E-state index contributed by atoms with van der Waals surface area (Å²) in [6.07, 6.45) is -0.271. The molecule has 0 radical (unpaired) electrons. The summed E-state index contributed by atoms with van der Waals surface area (Å²) in [6.45, 7) is 0. The second kappa shape index (κ2) is 8.58. The van der Waals surface area contributed by atoms with Crippen molar-refractivity contribution in [2.75, 3.05) is 5.32 Å². The van der Waals surface area contributed by atoms with Crippen molar-refractivity contribution in [2.45, 2.75) is 12.5 Å². The molecule has 1 atom stereocenters. The molecule has 31 heavy (non-hydrogen) atoms. The van der Waals surface area contributed by atoms with Crippen LogP contribution in [0.2, 0.25) is 0 Å². The van der Waals surface area contributed by atoms with Gasteiger partial charge in [0, 0.05) is 35.5 Å². The van der Waals surface area contributed by atoms with Gasteiger partial charge in [-0.05, 0) is 11.6 Å². The van der Waals surface area contributed by atoms with Crippen LogP contribution in [-0.4, -0.2) is 20.9 Å². The predicted molar refractivity (Wildman–Crippen MR) is 114 cm³/mol. The summed E-state index contributed by atoms with van der Waals surface area (Å²) in [7, 11) is 0. The molecule has 8 nitrogen and oxygen atoms in total. The van der Waals surface area contributed by atoms with Crippen molar-refractivity contribution in [3.63, 3.8) is 0 Å². The highest BCUT2D eigenvalue weighted by Crippen LogP contribution is 2.31. The molecule has 0 saturated heterocycles. The van der Waals surface area contributed by atoms with Gasteiger partial charge in [0.2, 0.25) is 5.95 Å². The number of aliphatic carboxylic acids is 1. The average molecular weight is 413 g/mol. The maximum atomic E-state index is 11.3. The second-order valence-electron chi connectivity index (χ2n) is 6.90. The van der Waals surface area contributed by atoms with Crippen molar-refractivity contribution in [3.8, 4) is 11.3 Å². The Morgan fingerprint density at radius 1 is 0.968 bits per heavy atom. The second-order valence-corrected chi connectivity index (χ2v) is 6.90. The van der Waals surface area contributed by atoms with Crippen LogP contribution in [0.25, 0.3) is 22.2 Å². The molecule has 8 heteroatoms. The highest BCUT2D eigenvalue weighted by Gasteiger charge is 2.17. The van der Waals surface area contributed by atoms with Crippen LogP contribution in [0.3, 0.4) is 0 Å². The molecule has 0 aliphatic heterocycles. The molecule has 0 amide bonds. The van der Waals surface area contributed by atoms with E-state index in [9.17, 15) is 20.0 Å². The number of nitrogens with one attached hydrogen (secondary N) is 1. The highest BCUT2D eigenvalue weighted by molar-refractivity contribution is 5.94. The van der Waals surface area contributed by atoms with Crippen LogP contribution in [0.4, 0.5) is 11.6 Å². The lowest BCUT2D eigenvalue weighted by atomic mass is 10.0. The monoisotopic (exact) mass is 413 g/mol. The van der Waals surface area contributed by atoms with E-state index >= 15 is 0 Å². The van der Waals surface area contributed by atoms with E-state index in [0.29, 0.717) is 16.6 Å². The summed E-state index contributed by atoms with van der Waals surface area (Å²) >= 11 is 0. The average Bonchev–Trinajstić information content (AvgIpc) is 2.78. The molecular weight excluding hydrogens is 396 g/mol. The van der Waals surface area contributed by atoms with Crippen molar-refractivity contribution in [1.82, 2.24) is 9.97 Å². The Morgan fingerprint density at radius 3 is 2.29 bits per heavy atom. The predicted octanol–water partition coefficient (Wildman–Crippen LogP) is 3.50. The first-order valence-corrected chi connectivity index (χ1v) is 9.54. The van der Waals surface area contributed by atoms with Gasteiger partial charge in [-0.15, -0.1) is 0 Å². The molecule has 0 aliphatic rings. The van der Waals surface area contributed by atoms with E-state index in [1.165, 1.54) is 12.1 Å². The lowest BCUT2D eigenvalue weighted by Crippen LogP contribution is -2.27. The Hall–Kier alpha value is -4.33. The molecule has 0 spiro atoms. The number of nitro groups is 1. The number of aromatic nitrogens is 2. The number of carbonyl (C=O) groups is 1. The number of rotatable bonds is 7. The number of nitrogens with zero attached hydrogens (tertiary/aromatic N) is 3. The smallest absolute Gasteiger partial charge is 0.270 e. The van der Waals surface area contributed by atoms with Crippen LogP contribution in [-0.2, 0) is 4.79 Å². The molecule has 1 N–H and O–H groups in total. The summed E-state index contributed by atoms with van der Waals surface area (Å²) in [5, 5.41) is 26.2. The molecule has 1 aromatic heterocycles. The fourth-order valence-corrected chi connectivity index (χ4v) is 3.37. The molecule has 4 rings (SSSR count). The summed E-state index contributed by atoms with van der Waals surface area (Å²) < 4.78 is 0. The van der Waals surface area contributed by atoms with E-state index in [1.54, 1.807) is 6.07 Å². The molecule has 0 aliphatic carbocycles. The Labute approximate surface area is 177 Å². The van der Waals surface area contributed by atoms with Crippen molar-refractivity contribution < 1.29 is 14.8 Å². The zero-order valence-electron chi connectivity index (χ0n) is 16.3. The minimum atomic E-state index is -1.21. The molecule has 3 aromatic carbocycles. The Bertz CT molecular complexity index is 1250. The van der Waals surface area contributed by atoms with Crippen molar-refractivity contribution in [3.05, 3.63) is 94.5 Å². The topological polar surface area (TPSA) is 121 Å². The first kappa shape index (κ1) is 20.0. The number of hydrogen-bond acceptors (Lipinski definition) is 7. The molecule has 1 heterocycles. The minimum absolute atomic E-state index is 0.0619. The Morgan fingerprint density at radius 2 is 1.65 bits per heavy atom. The van der Waals surface area contributed by atoms with Gasteiger partial charge in [0.1, 0.15) is 0 Å². The standard InChI is InChI=1S/C23H18N4O4/c28-21(29)14-20(15-7-3-1-4-8-15)25-23-24-19-12-11-17(27(30)31)13-18(19)22(26-23)16-9-5-2-6-10-16/h1-13,20H,14H2,(H,28,29)(H,24,25,26)/p-1/t20-/m1/s1. The third-order valence-corrected chi connectivity index (χ3v) is 4.81. The van der Waals surface area contributed by atoms with E-state index in [1.807, 2.05) is 60.7 Å². The van der Waals surface area contributed by atoms with Gasteiger partial charge in [-0.2, -0.15) is 0 Å². The van der Waals surface area contributed by atoms with Gasteiger partial charge in [0.05, 0.1) is 22.2 Å². The SMILES string of the molecule is O=C([O-])C[C@@H](Nc1nc(-c2ccccc2)c2cc([N+](=O)[O-])ccc2n1)c1ccccc1. The van der Waals surface area contributed by atoms with Gasteiger partial charge >= 0.3 is 0 Å². The zero-order valence-corrected chi connectivity index (χ0v) is 16.3. The Kier molecular flexibility index (Phi) is 5.53. The van der Waals surface area contributed by atoms with Crippen molar-refractivity contribution >= 4 is 28.5 Å². The summed E-state index contributed by atoms with van der Waals surface area (Å²) in [5.41, 5.74) is 2.46. The number of nitro benzene ring substituents is 1. The largest absolute Gasteiger partial charge is 0.550 e. The van der Waals surface area contributed by atoms with Gasteiger partial charge in [0.15, 0.2) is 0 Å². The van der Waals surface area contributed by atoms with Crippen LogP contribution in [0.5, 0.6) is 0 Å². The van der Waals surface area contributed by atoms with Gasteiger partial charge in [-0.25, -0.2) is 9.97 Å². The van der Waals surface area contributed by atoms with E-state index in [0.717, 1.165) is 11.1 Å². The van der Waals surface area contributed by atoms with Crippen LogP contribution in [0.1, 0.15) is 18.0 Å². The molecular formula is C23H17N4O4-. The van der Waals surface area contributed by atoms with Crippen molar-refractivity contribution in [2.24, 2.45) is 0 Å². The van der Waals surface area contributed by atoms with Crippen molar-refractivity contribution in [1.29, 1.82) is 0 Å². The number of fused-ring (bicyclic) bond motifs is 1. The number of carboxylic acids is 1. The molecule has 0 bridgehead atoms. The van der Waals surface area contributed by atoms with Gasteiger partial charge in [-0.1, -0.05) is 60.7 Å². The van der Waals surface area contributed by atoms with Crippen LogP contribution < -0.4 is 10.4 Å². The first-order chi connectivity index (χ1) is 15.0. The first-order valence-electron chi connectivity index (χ1n) is 9.54. The van der Waals surface area contributed by atoms with Crippen LogP contribution in [0.15, 0.2) is 78.9 Å². The number of carboxylic acid groups (broad SMARTS) is 1. The number of anilines is 1. The number of carbonyl (C=O) groups excluding carboxylic acids is 1. The van der Waals surface area contributed by atoms with E-state index in [-0.39, 0.29) is 18.1 Å². The number of benzene rings is 3. The normalized spacial score (nSPS) is 11.7. The molecule has 154 valence electrons. The maximum absolute atomic E-state index is 11.3. The number of hydrogen-bond donors (Lipinski definition) is 1. The maximum Gasteiger partial charge on any atom is 0.270 e. The highest BCUT2D eigenvalue weighted by atomic mass is 16.6. The van der Waals surface area contributed by atoms with Crippen LogP contribution >= 0.6 is 0 Å². The van der Waals surface area contributed by atoms with E-state index in [2.05, 4.69) is 15.3 Å². The number of non-ortho nitro benzene ring substituents is 1. The van der Waals surface area contributed by atoms with E-state index in [4.69, 9.17) is 0 Å². The summed E-state index contributed by atoms with van der Waals surface area (Å²) in [5.74, 6) is -0.989. The Balaban J connectivity index is 1.83. The van der Waals surface area contributed by atoms with Crippen LogP contribution in [0, 0.1) is 10.1 Å². The minimum Gasteiger partial charge on any atom is -0.550 e. The molecule has 4 aromatic rings. The molecule has 0 fully saturated rings. The fourth-order valence-electron chi connectivity index (χ4n) is 3.37. The van der Waals surface area contributed by atoms with Gasteiger partial charge in [-0.3, -0.25) is 10.1 Å². The quantitative estimate of drug-likeness (QED) is 0.363. The summed E-state index contributed by atoms with van der Waals surface area (Å²) in [6, 6.07) is 22.1. The third-order valence-electron chi connectivity index (χ3n) is 4.81.